The minimum absolute atomic E-state index is 0.0862. The summed E-state index contributed by atoms with van der Waals surface area (Å²) in [5, 5.41) is 0. The van der Waals surface area contributed by atoms with Crippen molar-refractivity contribution >= 4 is 16.8 Å². The molecule has 0 saturated carbocycles. The zero-order valence-corrected chi connectivity index (χ0v) is 7.61. The molecule has 0 saturated heterocycles. The number of carbonyl (C=O) groups is 1. The summed E-state index contributed by atoms with van der Waals surface area (Å²) in [6, 6.07) is 5.54. The van der Waals surface area contributed by atoms with Gasteiger partial charge in [0.05, 0.1) is 17.4 Å². The molecule has 0 spiro atoms. The molecule has 1 aromatic heterocycles. The molecule has 0 aliphatic rings. The molecule has 0 bridgehead atoms. The first-order chi connectivity index (χ1) is 6.18. The fourth-order valence-electron chi connectivity index (χ4n) is 1.35. The van der Waals surface area contributed by atoms with Crippen LogP contribution >= 0.6 is 0 Å². The van der Waals surface area contributed by atoms with Crippen LogP contribution < -0.4 is 0 Å². The van der Waals surface area contributed by atoms with Gasteiger partial charge >= 0.3 is 0 Å². The molecule has 1 aromatic carbocycles. The van der Waals surface area contributed by atoms with Gasteiger partial charge in [-0.25, -0.2) is 4.98 Å². The summed E-state index contributed by atoms with van der Waals surface area (Å²) < 4.78 is 1.90. The highest BCUT2D eigenvalue weighted by Crippen LogP contribution is 2.13. The molecule has 2 rings (SSSR count). The Morgan fingerprint density at radius 1 is 1.46 bits per heavy atom. The predicted octanol–water partition coefficient (Wildman–Crippen LogP) is 1.78. The Morgan fingerprint density at radius 2 is 2.23 bits per heavy atom. The van der Waals surface area contributed by atoms with Crippen molar-refractivity contribution in [3.63, 3.8) is 0 Å². The van der Waals surface area contributed by atoms with E-state index in [1.165, 1.54) is 0 Å². The van der Waals surface area contributed by atoms with Gasteiger partial charge in [-0.05, 0) is 25.1 Å². The molecule has 0 amide bonds. The highest BCUT2D eigenvalue weighted by Gasteiger charge is 2.03. The van der Waals surface area contributed by atoms with Crippen LogP contribution in [0.1, 0.15) is 17.3 Å². The Kier molecular flexibility index (Phi) is 1.65. The van der Waals surface area contributed by atoms with Crippen LogP contribution in [0.5, 0.6) is 0 Å². The van der Waals surface area contributed by atoms with Gasteiger partial charge in [-0.15, -0.1) is 0 Å². The maximum Gasteiger partial charge on any atom is 0.159 e. The third-order valence-corrected chi connectivity index (χ3v) is 2.13. The average molecular weight is 174 g/mol. The minimum atomic E-state index is 0.0862. The van der Waals surface area contributed by atoms with Crippen molar-refractivity contribution in [2.45, 2.75) is 6.92 Å². The Labute approximate surface area is 76.0 Å². The van der Waals surface area contributed by atoms with Crippen LogP contribution in [0, 0.1) is 0 Å². The van der Waals surface area contributed by atoms with Crippen molar-refractivity contribution in [1.82, 2.24) is 9.55 Å². The Hall–Kier alpha value is -1.64. The van der Waals surface area contributed by atoms with Crippen LogP contribution in [-0.2, 0) is 7.05 Å². The molecule has 1 heterocycles. The topological polar surface area (TPSA) is 34.9 Å². The quantitative estimate of drug-likeness (QED) is 0.617. The number of hydrogen-bond acceptors (Lipinski definition) is 2. The number of nitrogens with zero attached hydrogens (tertiary/aromatic N) is 2. The van der Waals surface area contributed by atoms with Crippen LogP contribution in [0.15, 0.2) is 24.5 Å². The molecule has 0 aliphatic carbocycles. The first kappa shape index (κ1) is 7.98. The maximum atomic E-state index is 11.1. The van der Waals surface area contributed by atoms with Gasteiger partial charge in [0.25, 0.3) is 0 Å². The lowest BCUT2D eigenvalue weighted by Crippen LogP contribution is -1.92. The number of ketones is 1. The lowest BCUT2D eigenvalue weighted by molar-refractivity contribution is 0.101. The van der Waals surface area contributed by atoms with Crippen molar-refractivity contribution in [1.29, 1.82) is 0 Å². The van der Waals surface area contributed by atoms with Crippen molar-refractivity contribution < 1.29 is 4.79 Å². The number of benzene rings is 1. The number of aryl methyl sites for hydroxylation is 1. The molecule has 0 fully saturated rings. The van der Waals surface area contributed by atoms with Crippen LogP contribution in [-0.4, -0.2) is 15.3 Å². The molecule has 3 heteroatoms. The van der Waals surface area contributed by atoms with Crippen LogP contribution in [0.2, 0.25) is 0 Å². The lowest BCUT2D eigenvalue weighted by atomic mass is 10.1. The van der Waals surface area contributed by atoms with Gasteiger partial charge in [-0.2, -0.15) is 0 Å². The second kappa shape index (κ2) is 2.69. The first-order valence-electron chi connectivity index (χ1n) is 4.10. The summed E-state index contributed by atoms with van der Waals surface area (Å²) in [5.41, 5.74) is 2.65. The second-order valence-corrected chi connectivity index (χ2v) is 3.12. The van der Waals surface area contributed by atoms with Crippen molar-refractivity contribution in [3.8, 4) is 0 Å². The summed E-state index contributed by atoms with van der Waals surface area (Å²) in [7, 11) is 1.92. The zero-order valence-electron chi connectivity index (χ0n) is 7.61. The van der Waals surface area contributed by atoms with E-state index in [2.05, 4.69) is 4.98 Å². The highest BCUT2D eigenvalue weighted by molar-refractivity contribution is 5.97. The van der Waals surface area contributed by atoms with E-state index in [0.29, 0.717) is 0 Å². The Morgan fingerprint density at radius 3 is 2.92 bits per heavy atom. The van der Waals surface area contributed by atoms with E-state index in [1.54, 1.807) is 19.3 Å². The molecule has 0 radical (unpaired) electrons. The van der Waals surface area contributed by atoms with Crippen LogP contribution in [0.4, 0.5) is 0 Å². The normalized spacial score (nSPS) is 10.6. The number of aromatic nitrogens is 2. The van der Waals surface area contributed by atoms with Gasteiger partial charge in [0.1, 0.15) is 0 Å². The largest absolute Gasteiger partial charge is 0.334 e. The summed E-state index contributed by atoms with van der Waals surface area (Å²) in [5.74, 6) is 0.0862. The van der Waals surface area contributed by atoms with Crippen molar-refractivity contribution in [2.75, 3.05) is 0 Å². The second-order valence-electron chi connectivity index (χ2n) is 3.12. The highest BCUT2D eigenvalue weighted by atomic mass is 16.1. The van der Waals surface area contributed by atoms with Gasteiger partial charge in [0, 0.05) is 12.6 Å². The molecule has 2 aromatic rings. The number of hydrogen-bond donors (Lipinski definition) is 0. The summed E-state index contributed by atoms with van der Waals surface area (Å²) in [6.07, 6.45) is 1.74. The van der Waals surface area contributed by atoms with E-state index in [4.69, 9.17) is 0 Å². The molecule has 0 aliphatic heterocycles. The Bertz CT molecular complexity index is 471. The average Bonchev–Trinajstić information content (AvgIpc) is 2.47. The van der Waals surface area contributed by atoms with E-state index in [0.717, 1.165) is 16.6 Å². The number of Topliss-reactive ketones (excluding diaryl/α,β-unsaturated/α-hetero) is 1. The van der Waals surface area contributed by atoms with Gasteiger partial charge in [-0.3, -0.25) is 4.79 Å². The van der Waals surface area contributed by atoms with Gasteiger partial charge < -0.3 is 4.57 Å². The zero-order chi connectivity index (χ0) is 9.42. The molecule has 0 N–H and O–H groups in total. The van der Waals surface area contributed by atoms with Gasteiger partial charge in [0.15, 0.2) is 5.78 Å². The summed E-state index contributed by atoms with van der Waals surface area (Å²) >= 11 is 0. The lowest BCUT2D eigenvalue weighted by Gasteiger charge is -1.97. The summed E-state index contributed by atoms with van der Waals surface area (Å²) in [6.45, 7) is 1.57. The van der Waals surface area contributed by atoms with Crippen molar-refractivity contribution in [3.05, 3.63) is 30.1 Å². The summed E-state index contributed by atoms with van der Waals surface area (Å²) in [4.78, 5) is 15.3. The van der Waals surface area contributed by atoms with E-state index in [9.17, 15) is 4.79 Å². The molecular weight excluding hydrogens is 164 g/mol. The monoisotopic (exact) mass is 174 g/mol. The van der Waals surface area contributed by atoms with Gasteiger partial charge in [0.2, 0.25) is 0 Å². The van der Waals surface area contributed by atoms with E-state index in [-0.39, 0.29) is 5.78 Å². The Balaban J connectivity index is 2.72. The predicted molar refractivity (Wildman–Crippen MR) is 50.7 cm³/mol. The third-order valence-electron chi connectivity index (χ3n) is 2.13. The number of fused-ring (bicyclic) bond motifs is 1. The van der Waals surface area contributed by atoms with Crippen LogP contribution in [0.25, 0.3) is 11.0 Å². The molecule has 13 heavy (non-hydrogen) atoms. The number of imidazole rings is 1. The molecular formula is C10H10N2O. The number of rotatable bonds is 1. The standard InChI is InChI=1S/C10H10N2O/c1-7(13)8-3-4-9-10(5-8)12(2)6-11-9/h3-6H,1-2H3. The fourth-order valence-corrected chi connectivity index (χ4v) is 1.35. The molecule has 66 valence electrons. The van der Waals surface area contributed by atoms with Crippen LogP contribution in [0.3, 0.4) is 0 Å². The van der Waals surface area contributed by atoms with Crippen molar-refractivity contribution in [2.24, 2.45) is 7.05 Å². The molecule has 0 atom stereocenters. The van der Waals surface area contributed by atoms with Gasteiger partial charge in [-0.1, -0.05) is 0 Å². The molecule has 0 unspecified atom stereocenters. The number of carbonyl (C=O) groups excluding carboxylic acids is 1. The maximum absolute atomic E-state index is 11.1. The third kappa shape index (κ3) is 1.22. The van der Waals surface area contributed by atoms with E-state index < -0.39 is 0 Å². The van der Waals surface area contributed by atoms with E-state index >= 15 is 0 Å². The smallest absolute Gasteiger partial charge is 0.159 e. The van der Waals surface area contributed by atoms with E-state index in [1.807, 2.05) is 23.7 Å². The first-order valence-corrected chi connectivity index (χ1v) is 4.10. The fraction of sp³-hybridized carbons (Fsp3) is 0.200. The minimum Gasteiger partial charge on any atom is -0.334 e. The SMILES string of the molecule is CC(=O)c1ccc2ncn(C)c2c1. The molecule has 3 nitrogen and oxygen atoms in total.